The highest BCUT2D eigenvalue weighted by Crippen LogP contribution is 2.35. The lowest BCUT2D eigenvalue weighted by atomic mass is 10.1. The number of ether oxygens (including phenoxy) is 1. The van der Waals surface area contributed by atoms with Crippen LogP contribution in [0.5, 0.6) is 5.75 Å². The molecule has 0 bridgehead atoms. The number of primary amides is 1. The predicted molar refractivity (Wildman–Crippen MR) is 82.1 cm³/mol. The summed E-state index contributed by atoms with van der Waals surface area (Å²) in [5.74, 6) is -0.588. The molecule has 0 heterocycles. The zero-order chi connectivity index (χ0) is 15.1. The zero-order valence-electron chi connectivity index (χ0n) is 11.4. The molecule has 0 atom stereocenters. The van der Waals surface area contributed by atoms with Gasteiger partial charge >= 0.3 is 0 Å². The van der Waals surface area contributed by atoms with Crippen molar-refractivity contribution in [1.82, 2.24) is 0 Å². The molecule has 0 saturated carbocycles. The van der Waals surface area contributed by atoms with E-state index < -0.39 is 10.8 Å². The van der Waals surface area contributed by atoms with Crippen molar-refractivity contribution in [3.05, 3.63) is 40.0 Å². The SMILES string of the molecule is COc1cc(C(N)=O)cc([N+](=O)[O-])c1NC/C=C/CN.Cl. The molecular formula is C12H17ClN4O4. The van der Waals surface area contributed by atoms with Gasteiger partial charge in [-0.15, -0.1) is 12.4 Å². The molecule has 0 aromatic heterocycles. The lowest BCUT2D eigenvalue weighted by Crippen LogP contribution is -2.13. The van der Waals surface area contributed by atoms with Gasteiger partial charge in [0.15, 0.2) is 5.69 Å². The molecule has 0 aliphatic carbocycles. The average molecular weight is 317 g/mol. The topological polar surface area (TPSA) is 134 Å². The highest BCUT2D eigenvalue weighted by Gasteiger charge is 2.21. The van der Waals surface area contributed by atoms with E-state index in [1.54, 1.807) is 12.2 Å². The molecule has 0 fully saturated rings. The lowest BCUT2D eigenvalue weighted by molar-refractivity contribution is -0.384. The second kappa shape index (κ2) is 8.77. The number of nitrogens with zero attached hydrogens (tertiary/aromatic N) is 1. The van der Waals surface area contributed by atoms with Crippen molar-refractivity contribution >= 4 is 29.7 Å². The number of hydrogen-bond acceptors (Lipinski definition) is 6. The van der Waals surface area contributed by atoms with Gasteiger partial charge in [-0.05, 0) is 6.07 Å². The number of benzene rings is 1. The van der Waals surface area contributed by atoms with Crippen molar-refractivity contribution in [3.8, 4) is 5.75 Å². The quantitative estimate of drug-likeness (QED) is 0.391. The minimum Gasteiger partial charge on any atom is -0.494 e. The van der Waals surface area contributed by atoms with E-state index in [1.807, 2.05) is 0 Å². The highest BCUT2D eigenvalue weighted by molar-refractivity contribution is 5.95. The molecule has 21 heavy (non-hydrogen) atoms. The number of nitrogens with one attached hydrogen (secondary N) is 1. The van der Waals surface area contributed by atoms with Crippen LogP contribution in [0.2, 0.25) is 0 Å². The Morgan fingerprint density at radius 2 is 2.14 bits per heavy atom. The highest BCUT2D eigenvalue weighted by atomic mass is 35.5. The first-order valence-electron chi connectivity index (χ1n) is 5.76. The van der Waals surface area contributed by atoms with Gasteiger partial charge in [0.25, 0.3) is 5.69 Å². The number of amides is 1. The van der Waals surface area contributed by atoms with Crippen LogP contribution in [0.4, 0.5) is 11.4 Å². The van der Waals surface area contributed by atoms with Crippen LogP contribution >= 0.6 is 12.4 Å². The number of anilines is 1. The molecule has 1 amide bonds. The summed E-state index contributed by atoms with van der Waals surface area (Å²) >= 11 is 0. The van der Waals surface area contributed by atoms with Gasteiger partial charge in [0.05, 0.1) is 12.0 Å². The summed E-state index contributed by atoms with van der Waals surface area (Å²) in [4.78, 5) is 21.6. The van der Waals surface area contributed by atoms with Crippen LogP contribution in [0.3, 0.4) is 0 Å². The molecule has 0 aliphatic heterocycles. The second-order valence-electron chi connectivity index (χ2n) is 3.78. The third-order valence-electron chi connectivity index (χ3n) is 2.48. The first-order valence-corrected chi connectivity index (χ1v) is 5.76. The van der Waals surface area contributed by atoms with Crippen molar-refractivity contribution in [2.75, 3.05) is 25.5 Å². The summed E-state index contributed by atoms with van der Waals surface area (Å²) < 4.78 is 5.06. The molecule has 1 aromatic rings. The Labute approximate surface area is 127 Å². The molecule has 116 valence electrons. The largest absolute Gasteiger partial charge is 0.494 e. The van der Waals surface area contributed by atoms with Crippen molar-refractivity contribution in [3.63, 3.8) is 0 Å². The summed E-state index contributed by atoms with van der Waals surface area (Å²) in [6, 6.07) is 2.46. The fourth-order valence-electron chi connectivity index (χ4n) is 1.57. The summed E-state index contributed by atoms with van der Waals surface area (Å²) in [7, 11) is 1.35. The van der Waals surface area contributed by atoms with E-state index in [9.17, 15) is 14.9 Å². The van der Waals surface area contributed by atoms with Gasteiger partial charge in [-0.2, -0.15) is 0 Å². The van der Waals surface area contributed by atoms with Crippen LogP contribution < -0.4 is 21.5 Å². The van der Waals surface area contributed by atoms with Crippen LogP contribution in [0.25, 0.3) is 0 Å². The van der Waals surface area contributed by atoms with E-state index in [1.165, 1.54) is 13.2 Å². The second-order valence-corrected chi connectivity index (χ2v) is 3.78. The molecule has 9 heteroatoms. The van der Waals surface area contributed by atoms with Gasteiger partial charge in [0.2, 0.25) is 5.91 Å². The Bertz CT molecular complexity index is 548. The van der Waals surface area contributed by atoms with Crippen LogP contribution in [0.15, 0.2) is 24.3 Å². The molecular weight excluding hydrogens is 300 g/mol. The van der Waals surface area contributed by atoms with E-state index in [2.05, 4.69) is 5.32 Å². The van der Waals surface area contributed by atoms with E-state index in [4.69, 9.17) is 16.2 Å². The van der Waals surface area contributed by atoms with Crippen molar-refractivity contribution < 1.29 is 14.5 Å². The average Bonchev–Trinajstić information content (AvgIpc) is 2.42. The molecule has 0 aliphatic rings. The maximum atomic E-state index is 11.2. The van der Waals surface area contributed by atoms with E-state index >= 15 is 0 Å². The van der Waals surface area contributed by atoms with Gasteiger partial charge in [0.1, 0.15) is 5.75 Å². The smallest absolute Gasteiger partial charge is 0.296 e. The normalized spacial score (nSPS) is 10.0. The molecule has 5 N–H and O–H groups in total. The monoisotopic (exact) mass is 316 g/mol. The Balaban J connectivity index is 0.00000400. The Morgan fingerprint density at radius 1 is 1.48 bits per heavy atom. The van der Waals surface area contributed by atoms with Crippen molar-refractivity contribution in [2.45, 2.75) is 0 Å². The zero-order valence-corrected chi connectivity index (χ0v) is 12.2. The van der Waals surface area contributed by atoms with Gasteiger partial charge in [-0.25, -0.2) is 0 Å². The number of nitrogens with two attached hydrogens (primary N) is 2. The maximum Gasteiger partial charge on any atom is 0.296 e. The fourth-order valence-corrected chi connectivity index (χ4v) is 1.57. The Kier molecular flexibility index (Phi) is 7.80. The first-order chi connectivity index (χ1) is 9.51. The van der Waals surface area contributed by atoms with E-state index in [0.717, 1.165) is 6.07 Å². The van der Waals surface area contributed by atoms with Crippen LogP contribution in [0, 0.1) is 10.1 Å². The summed E-state index contributed by atoms with van der Waals surface area (Å²) in [5, 5.41) is 13.9. The number of carbonyl (C=O) groups is 1. The summed E-state index contributed by atoms with van der Waals surface area (Å²) in [5.41, 5.74) is 10.3. The number of carbonyl (C=O) groups excluding carboxylic acids is 1. The molecule has 8 nitrogen and oxygen atoms in total. The fraction of sp³-hybridized carbons (Fsp3) is 0.250. The number of rotatable bonds is 7. The third-order valence-corrected chi connectivity index (χ3v) is 2.48. The third kappa shape index (κ3) is 4.93. The van der Waals surface area contributed by atoms with Gasteiger partial charge in [-0.1, -0.05) is 12.2 Å². The molecule has 0 radical (unpaired) electrons. The van der Waals surface area contributed by atoms with Crippen LogP contribution in [-0.2, 0) is 0 Å². The van der Waals surface area contributed by atoms with E-state index in [-0.39, 0.29) is 35.1 Å². The Hall–Kier alpha value is -2.32. The van der Waals surface area contributed by atoms with Crippen molar-refractivity contribution in [1.29, 1.82) is 0 Å². The number of nitro benzene ring substituents is 1. The number of halogens is 1. The molecule has 0 spiro atoms. The lowest BCUT2D eigenvalue weighted by Gasteiger charge is -2.11. The van der Waals surface area contributed by atoms with Gasteiger partial charge in [-0.3, -0.25) is 14.9 Å². The molecule has 0 saturated heterocycles. The van der Waals surface area contributed by atoms with Gasteiger partial charge in [0, 0.05) is 24.7 Å². The van der Waals surface area contributed by atoms with Crippen LogP contribution in [-0.4, -0.2) is 31.0 Å². The minimum atomic E-state index is -0.763. The standard InChI is InChI=1S/C12H16N4O4.ClH/c1-20-10-7-8(12(14)17)6-9(16(18)19)11(10)15-5-3-2-4-13;/h2-3,6-7,15H,4-5,13H2,1H3,(H2,14,17);1H/b3-2+;. The summed E-state index contributed by atoms with van der Waals surface area (Å²) in [6.07, 6.45) is 3.44. The van der Waals surface area contributed by atoms with E-state index in [0.29, 0.717) is 13.1 Å². The number of hydrogen-bond donors (Lipinski definition) is 3. The number of methoxy groups -OCH3 is 1. The maximum absolute atomic E-state index is 11.2. The predicted octanol–water partition coefficient (Wildman–Crippen LogP) is 1.05. The first kappa shape index (κ1) is 18.7. The molecule has 1 aromatic carbocycles. The molecule has 1 rings (SSSR count). The Morgan fingerprint density at radius 3 is 2.62 bits per heavy atom. The molecule has 0 unspecified atom stereocenters. The van der Waals surface area contributed by atoms with Crippen molar-refractivity contribution in [2.24, 2.45) is 11.5 Å². The van der Waals surface area contributed by atoms with Crippen LogP contribution in [0.1, 0.15) is 10.4 Å². The van der Waals surface area contributed by atoms with Gasteiger partial charge < -0.3 is 21.5 Å². The minimum absolute atomic E-state index is 0. The number of nitro groups is 1. The summed E-state index contributed by atoms with van der Waals surface area (Å²) in [6.45, 7) is 0.714.